The van der Waals surface area contributed by atoms with E-state index in [2.05, 4.69) is 130 Å². The van der Waals surface area contributed by atoms with Gasteiger partial charge >= 0.3 is 0 Å². The Balaban J connectivity index is 1.63. The number of para-hydroxylation sites is 4. The van der Waals surface area contributed by atoms with Crippen LogP contribution in [0.15, 0.2) is 134 Å². The average molecular weight is 520 g/mol. The molecule has 8 aromatic rings. The second kappa shape index (κ2) is 8.59. The Labute approximate surface area is 230 Å². The second-order valence-electron chi connectivity index (χ2n) is 9.76. The number of benzene rings is 5. The molecule has 0 aliphatic rings. The van der Waals surface area contributed by atoms with Crippen molar-refractivity contribution in [1.29, 1.82) is 0 Å². The number of rotatable bonds is 3. The molecular weight excluding hydrogens is 498 g/mol. The maximum atomic E-state index is 7.07. The van der Waals surface area contributed by atoms with Crippen molar-refractivity contribution >= 4 is 55.2 Å². The zero-order chi connectivity index (χ0) is 25.9. The Hall–Kier alpha value is -4.86. The van der Waals surface area contributed by atoms with Crippen LogP contribution in [0.5, 0.6) is 0 Å². The van der Waals surface area contributed by atoms with E-state index in [0.717, 1.165) is 44.7 Å². The van der Waals surface area contributed by atoms with Crippen molar-refractivity contribution in [3.05, 3.63) is 139 Å². The molecule has 0 bridgehead atoms. The first kappa shape index (κ1) is 22.2. The fourth-order valence-electron chi connectivity index (χ4n) is 6.04. The molecule has 0 fully saturated rings. The molecule has 0 atom stereocenters. The van der Waals surface area contributed by atoms with E-state index in [0.29, 0.717) is 5.02 Å². The van der Waals surface area contributed by atoms with Crippen molar-refractivity contribution < 1.29 is 0 Å². The fraction of sp³-hybridized carbons (Fsp3) is 0. The van der Waals surface area contributed by atoms with Crippen LogP contribution < -0.4 is 0 Å². The molecule has 0 amide bonds. The van der Waals surface area contributed by atoms with Gasteiger partial charge in [-0.15, -0.1) is 0 Å². The Morgan fingerprint density at radius 3 is 1.36 bits per heavy atom. The Bertz CT molecular complexity index is 2080. The fourth-order valence-corrected chi connectivity index (χ4v) is 6.28. The minimum atomic E-state index is 0.613. The van der Waals surface area contributed by atoms with Gasteiger partial charge in [0.15, 0.2) is 5.82 Å². The quantitative estimate of drug-likeness (QED) is 0.228. The molecular formula is C35H22ClN3. The molecule has 0 saturated heterocycles. The molecule has 3 nitrogen and oxygen atoms in total. The summed E-state index contributed by atoms with van der Waals surface area (Å²) in [7, 11) is 0. The largest absolute Gasteiger partial charge is 0.305 e. The molecule has 8 rings (SSSR count). The lowest BCUT2D eigenvalue weighted by atomic mass is 10.0. The number of hydrogen-bond acceptors (Lipinski definition) is 1. The summed E-state index contributed by atoms with van der Waals surface area (Å²) in [6.45, 7) is 0. The summed E-state index contributed by atoms with van der Waals surface area (Å²) in [6.07, 6.45) is 1.79. The monoisotopic (exact) mass is 519 g/mol. The third kappa shape index (κ3) is 3.20. The van der Waals surface area contributed by atoms with E-state index in [1.807, 2.05) is 6.07 Å². The highest BCUT2D eigenvalue weighted by atomic mass is 35.5. The van der Waals surface area contributed by atoms with Crippen LogP contribution in [0.25, 0.3) is 66.2 Å². The summed E-state index contributed by atoms with van der Waals surface area (Å²) in [5.41, 5.74) is 7.39. The molecule has 0 unspecified atom stereocenters. The molecule has 0 radical (unpaired) electrons. The molecule has 3 heterocycles. The topological polar surface area (TPSA) is 22.8 Å². The van der Waals surface area contributed by atoms with Crippen LogP contribution >= 0.6 is 11.6 Å². The standard InChI is InChI=1S/C35H22ClN3/c36-28-22-37-35(39-31-20-10-6-16-26(31)27-17-7-11-21-32(27)39)34(33(28)23-12-2-1-3-13-23)38-29-18-8-4-14-24(29)25-15-5-9-19-30(25)38/h1-22H. The molecule has 0 aliphatic carbocycles. The number of fused-ring (bicyclic) bond motifs is 6. The summed E-state index contributed by atoms with van der Waals surface area (Å²) in [5.74, 6) is 0.835. The highest BCUT2D eigenvalue weighted by molar-refractivity contribution is 6.34. The van der Waals surface area contributed by atoms with Crippen LogP contribution in [0.3, 0.4) is 0 Å². The average Bonchev–Trinajstić information content (AvgIpc) is 3.51. The Morgan fingerprint density at radius 2 is 0.872 bits per heavy atom. The third-order valence-corrected chi connectivity index (χ3v) is 7.93. The normalized spacial score (nSPS) is 11.7. The van der Waals surface area contributed by atoms with Gasteiger partial charge in [-0.2, -0.15) is 0 Å². The van der Waals surface area contributed by atoms with Gasteiger partial charge in [0.1, 0.15) is 0 Å². The molecule has 0 N–H and O–H groups in total. The van der Waals surface area contributed by atoms with Crippen LogP contribution in [-0.4, -0.2) is 14.1 Å². The lowest BCUT2D eigenvalue weighted by molar-refractivity contribution is 1.03. The van der Waals surface area contributed by atoms with Crippen LogP contribution in [-0.2, 0) is 0 Å². The Morgan fingerprint density at radius 1 is 0.462 bits per heavy atom. The van der Waals surface area contributed by atoms with Crippen LogP contribution in [0.1, 0.15) is 0 Å². The number of pyridine rings is 1. The van der Waals surface area contributed by atoms with Gasteiger partial charge in [-0.1, -0.05) is 115 Å². The molecule has 0 saturated carbocycles. The predicted octanol–water partition coefficient (Wildman–Crippen LogP) is 9.60. The number of halogens is 1. The zero-order valence-corrected chi connectivity index (χ0v) is 21.7. The van der Waals surface area contributed by atoms with Gasteiger partial charge in [-0.05, 0) is 29.8 Å². The molecule has 0 aliphatic heterocycles. The summed E-state index contributed by atoms with van der Waals surface area (Å²) in [4.78, 5) is 5.09. The minimum absolute atomic E-state index is 0.613. The highest BCUT2D eigenvalue weighted by Crippen LogP contribution is 2.43. The summed E-state index contributed by atoms with van der Waals surface area (Å²) in [6, 6.07) is 44.6. The Kier molecular flexibility index (Phi) is 4.88. The van der Waals surface area contributed by atoms with Crippen LogP contribution in [0.2, 0.25) is 5.02 Å². The summed E-state index contributed by atoms with van der Waals surface area (Å²) < 4.78 is 4.62. The van der Waals surface area contributed by atoms with E-state index in [1.54, 1.807) is 6.20 Å². The molecule has 3 aromatic heterocycles. The van der Waals surface area contributed by atoms with Gasteiger partial charge in [0.05, 0.1) is 32.8 Å². The van der Waals surface area contributed by atoms with Crippen molar-refractivity contribution in [2.75, 3.05) is 0 Å². The van der Waals surface area contributed by atoms with Gasteiger partial charge in [-0.25, -0.2) is 4.98 Å². The van der Waals surface area contributed by atoms with E-state index in [1.165, 1.54) is 21.5 Å². The summed E-state index contributed by atoms with van der Waals surface area (Å²) >= 11 is 7.07. The van der Waals surface area contributed by atoms with Crippen LogP contribution in [0, 0.1) is 0 Å². The van der Waals surface area contributed by atoms with Gasteiger partial charge in [0, 0.05) is 33.3 Å². The van der Waals surface area contributed by atoms with E-state index >= 15 is 0 Å². The number of hydrogen-bond donors (Lipinski definition) is 0. The smallest absolute Gasteiger partial charge is 0.162 e. The minimum Gasteiger partial charge on any atom is -0.305 e. The van der Waals surface area contributed by atoms with E-state index in [-0.39, 0.29) is 0 Å². The van der Waals surface area contributed by atoms with Crippen LogP contribution in [0.4, 0.5) is 0 Å². The molecule has 0 spiro atoms. The van der Waals surface area contributed by atoms with Gasteiger partial charge < -0.3 is 4.57 Å². The first-order valence-electron chi connectivity index (χ1n) is 13.0. The van der Waals surface area contributed by atoms with Crippen molar-refractivity contribution in [3.8, 4) is 22.6 Å². The van der Waals surface area contributed by atoms with E-state index in [4.69, 9.17) is 16.6 Å². The van der Waals surface area contributed by atoms with Gasteiger partial charge in [-0.3, -0.25) is 4.57 Å². The van der Waals surface area contributed by atoms with Crippen molar-refractivity contribution in [2.24, 2.45) is 0 Å². The lowest BCUT2D eigenvalue weighted by Crippen LogP contribution is -2.08. The number of aromatic nitrogens is 3. The molecule has 5 aromatic carbocycles. The first-order chi connectivity index (χ1) is 19.3. The van der Waals surface area contributed by atoms with Gasteiger partial charge in [0.2, 0.25) is 0 Å². The third-order valence-electron chi connectivity index (χ3n) is 7.65. The second-order valence-corrected chi connectivity index (χ2v) is 10.2. The molecule has 39 heavy (non-hydrogen) atoms. The summed E-state index contributed by atoms with van der Waals surface area (Å²) in [5, 5.41) is 5.39. The molecule has 184 valence electrons. The maximum Gasteiger partial charge on any atom is 0.162 e. The maximum absolute atomic E-state index is 7.07. The highest BCUT2D eigenvalue weighted by Gasteiger charge is 2.24. The van der Waals surface area contributed by atoms with Crippen molar-refractivity contribution in [2.45, 2.75) is 0 Å². The SMILES string of the molecule is Clc1cnc(-n2c3ccccc3c3ccccc32)c(-n2c3ccccc3c3ccccc32)c1-c1ccccc1. The zero-order valence-electron chi connectivity index (χ0n) is 20.9. The lowest BCUT2D eigenvalue weighted by Gasteiger charge is -2.20. The van der Waals surface area contributed by atoms with Gasteiger partial charge in [0.25, 0.3) is 0 Å². The van der Waals surface area contributed by atoms with E-state index in [9.17, 15) is 0 Å². The first-order valence-corrected chi connectivity index (χ1v) is 13.4. The number of nitrogens with zero attached hydrogens (tertiary/aromatic N) is 3. The van der Waals surface area contributed by atoms with Crippen molar-refractivity contribution in [3.63, 3.8) is 0 Å². The predicted molar refractivity (Wildman–Crippen MR) is 163 cm³/mol. The molecule has 4 heteroatoms. The van der Waals surface area contributed by atoms with E-state index < -0.39 is 0 Å². The van der Waals surface area contributed by atoms with Crippen molar-refractivity contribution in [1.82, 2.24) is 14.1 Å².